The predicted molar refractivity (Wildman–Crippen MR) is 137 cm³/mol. The van der Waals surface area contributed by atoms with E-state index in [0.29, 0.717) is 24.4 Å². The molecule has 1 aromatic heterocycles. The number of carbonyl (C=O) groups excluding carboxylic acids is 2. The SMILES string of the molecule is C=CCN(CC(=O)N(Cc1ccccc1)Cc1ccco1)C(=O)c1ccc(-c2ccccc2)cc1. The monoisotopic (exact) mass is 464 g/mol. The maximum atomic E-state index is 13.4. The Hall–Kier alpha value is -4.38. The standard InChI is InChI=1S/C30H28N2O3/c1-2-19-31(30(34)27-17-15-26(16-18-27)25-12-7-4-8-13-25)23-29(33)32(22-28-14-9-20-35-28)21-24-10-5-3-6-11-24/h2-18,20H,1,19,21-23H2. The van der Waals surface area contributed by atoms with Crippen LogP contribution in [0.4, 0.5) is 0 Å². The van der Waals surface area contributed by atoms with Crippen LogP contribution in [0, 0.1) is 0 Å². The van der Waals surface area contributed by atoms with Crippen molar-refractivity contribution < 1.29 is 14.0 Å². The van der Waals surface area contributed by atoms with Gasteiger partial charge in [-0.05, 0) is 41.0 Å². The van der Waals surface area contributed by atoms with Gasteiger partial charge in [-0.3, -0.25) is 9.59 Å². The first kappa shape index (κ1) is 23.8. The van der Waals surface area contributed by atoms with Crippen LogP contribution in [0.3, 0.4) is 0 Å². The lowest BCUT2D eigenvalue weighted by Gasteiger charge is -2.27. The average molecular weight is 465 g/mol. The minimum atomic E-state index is -0.212. The Morgan fingerprint density at radius 2 is 1.40 bits per heavy atom. The first-order valence-corrected chi connectivity index (χ1v) is 11.5. The summed E-state index contributed by atoms with van der Waals surface area (Å²) >= 11 is 0. The lowest BCUT2D eigenvalue weighted by Crippen LogP contribution is -2.42. The molecule has 0 aliphatic rings. The Bertz CT molecular complexity index is 1230. The van der Waals surface area contributed by atoms with E-state index in [1.807, 2.05) is 78.9 Å². The Labute approximate surface area is 205 Å². The van der Waals surface area contributed by atoms with Crippen molar-refractivity contribution in [3.8, 4) is 11.1 Å². The highest BCUT2D eigenvalue weighted by Crippen LogP contribution is 2.20. The topological polar surface area (TPSA) is 53.8 Å². The lowest BCUT2D eigenvalue weighted by atomic mass is 10.0. The van der Waals surface area contributed by atoms with Gasteiger partial charge in [-0.25, -0.2) is 0 Å². The molecule has 3 aromatic carbocycles. The van der Waals surface area contributed by atoms with E-state index in [1.54, 1.807) is 35.4 Å². The number of hydrogen-bond acceptors (Lipinski definition) is 3. The van der Waals surface area contributed by atoms with E-state index in [1.165, 1.54) is 4.90 Å². The van der Waals surface area contributed by atoms with Crippen molar-refractivity contribution in [2.45, 2.75) is 13.1 Å². The fourth-order valence-corrected chi connectivity index (χ4v) is 3.88. The molecule has 4 rings (SSSR count). The highest BCUT2D eigenvalue weighted by atomic mass is 16.3. The van der Waals surface area contributed by atoms with Gasteiger partial charge in [0.15, 0.2) is 0 Å². The summed E-state index contributed by atoms with van der Waals surface area (Å²) in [5.74, 6) is 0.309. The third-order valence-electron chi connectivity index (χ3n) is 5.70. The summed E-state index contributed by atoms with van der Waals surface area (Å²) in [7, 11) is 0. The van der Waals surface area contributed by atoms with Gasteiger partial charge >= 0.3 is 0 Å². The van der Waals surface area contributed by atoms with Gasteiger partial charge in [-0.2, -0.15) is 0 Å². The molecule has 0 aliphatic heterocycles. The van der Waals surface area contributed by atoms with E-state index in [4.69, 9.17) is 4.42 Å². The zero-order chi connectivity index (χ0) is 24.5. The van der Waals surface area contributed by atoms with E-state index in [-0.39, 0.29) is 24.9 Å². The van der Waals surface area contributed by atoms with Gasteiger partial charge in [0, 0.05) is 18.7 Å². The summed E-state index contributed by atoms with van der Waals surface area (Å²) in [6.45, 7) is 4.73. The Morgan fingerprint density at radius 3 is 2.03 bits per heavy atom. The molecule has 0 saturated heterocycles. The van der Waals surface area contributed by atoms with Crippen LogP contribution < -0.4 is 0 Å². The molecule has 5 heteroatoms. The Kier molecular flexibility index (Phi) is 7.92. The van der Waals surface area contributed by atoms with Crippen LogP contribution in [0.5, 0.6) is 0 Å². The van der Waals surface area contributed by atoms with Gasteiger partial charge in [0.25, 0.3) is 5.91 Å². The quantitative estimate of drug-likeness (QED) is 0.279. The molecule has 2 amide bonds. The fourth-order valence-electron chi connectivity index (χ4n) is 3.88. The molecule has 0 fully saturated rings. The van der Waals surface area contributed by atoms with E-state index in [9.17, 15) is 9.59 Å². The first-order valence-electron chi connectivity index (χ1n) is 11.5. The number of hydrogen-bond donors (Lipinski definition) is 0. The zero-order valence-electron chi connectivity index (χ0n) is 19.5. The van der Waals surface area contributed by atoms with Gasteiger partial charge in [-0.15, -0.1) is 6.58 Å². The summed E-state index contributed by atoms with van der Waals surface area (Å²) in [5.41, 5.74) is 3.64. The van der Waals surface area contributed by atoms with Crippen LogP contribution in [-0.2, 0) is 17.9 Å². The smallest absolute Gasteiger partial charge is 0.254 e. The Morgan fingerprint density at radius 1 is 0.743 bits per heavy atom. The molecule has 176 valence electrons. The summed E-state index contributed by atoms with van der Waals surface area (Å²) in [5, 5.41) is 0. The van der Waals surface area contributed by atoms with Crippen LogP contribution in [-0.4, -0.2) is 34.7 Å². The summed E-state index contributed by atoms with van der Waals surface area (Å²) in [4.78, 5) is 29.9. The zero-order valence-corrected chi connectivity index (χ0v) is 19.5. The number of carbonyl (C=O) groups is 2. The van der Waals surface area contributed by atoms with Gasteiger partial charge < -0.3 is 14.2 Å². The second-order valence-corrected chi connectivity index (χ2v) is 8.23. The molecule has 0 aliphatic carbocycles. The van der Waals surface area contributed by atoms with Crippen molar-refractivity contribution in [2.24, 2.45) is 0 Å². The molecule has 0 spiro atoms. The molecule has 0 radical (unpaired) electrons. The van der Waals surface area contributed by atoms with E-state index < -0.39 is 0 Å². The van der Waals surface area contributed by atoms with Crippen molar-refractivity contribution in [1.29, 1.82) is 0 Å². The molecule has 0 bridgehead atoms. The van der Waals surface area contributed by atoms with Gasteiger partial charge in [0.05, 0.1) is 12.8 Å². The van der Waals surface area contributed by atoms with Crippen LogP contribution >= 0.6 is 0 Å². The maximum absolute atomic E-state index is 13.4. The molecular formula is C30H28N2O3. The number of amides is 2. The van der Waals surface area contributed by atoms with Crippen molar-refractivity contribution in [3.63, 3.8) is 0 Å². The third kappa shape index (κ3) is 6.36. The number of benzene rings is 3. The van der Waals surface area contributed by atoms with Gasteiger partial charge in [0.1, 0.15) is 12.3 Å². The van der Waals surface area contributed by atoms with E-state index >= 15 is 0 Å². The number of rotatable bonds is 10. The largest absolute Gasteiger partial charge is 0.467 e. The summed E-state index contributed by atoms with van der Waals surface area (Å²) < 4.78 is 5.48. The van der Waals surface area contributed by atoms with Crippen molar-refractivity contribution in [2.75, 3.05) is 13.1 Å². The fraction of sp³-hybridized carbons (Fsp3) is 0.133. The summed E-state index contributed by atoms with van der Waals surface area (Å²) in [6.07, 6.45) is 3.23. The van der Waals surface area contributed by atoms with Crippen LogP contribution in [0.2, 0.25) is 0 Å². The van der Waals surface area contributed by atoms with Crippen molar-refractivity contribution >= 4 is 11.8 Å². The number of furan rings is 1. The minimum Gasteiger partial charge on any atom is -0.467 e. The lowest BCUT2D eigenvalue weighted by molar-refractivity contribution is -0.133. The molecule has 0 saturated carbocycles. The Balaban J connectivity index is 1.50. The van der Waals surface area contributed by atoms with Crippen LogP contribution in [0.15, 0.2) is 120 Å². The normalized spacial score (nSPS) is 10.5. The predicted octanol–water partition coefficient (Wildman–Crippen LogP) is 5.80. The van der Waals surface area contributed by atoms with E-state index in [2.05, 4.69) is 6.58 Å². The highest BCUT2D eigenvalue weighted by Gasteiger charge is 2.23. The molecule has 0 atom stereocenters. The van der Waals surface area contributed by atoms with Crippen LogP contribution in [0.25, 0.3) is 11.1 Å². The number of nitrogens with zero attached hydrogens (tertiary/aromatic N) is 2. The van der Waals surface area contributed by atoms with Gasteiger partial charge in [0.2, 0.25) is 5.91 Å². The minimum absolute atomic E-state index is 0.0567. The molecule has 0 unspecified atom stereocenters. The molecule has 5 nitrogen and oxygen atoms in total. The van der Waals surface area contributed by atoms with Crippen molar-refractivity contribution in [3.05, 3.63) is 133 Å². The van der Waals surface area contributed by atoms with Crippen molar-refractivity contribution in [1.82, 2.24) is 9.80 Å². The molecular weight excluding hydrogens is 436 g/mol. The van der Waals surface area contributed by atoms with Crippen LogP contribution in [0.1, 0.15) is 21.7 Å². The molecule has 1 heterocycles. The second-order valence-electron chi connectivity index (χ2n) is 8.23. The third-order valence-corrected chi connectivity index (χ3v) is 5.70. The molecule has 35 heavy (non-hydrogen) atoms. The summed E-state index contributed by atoms with van der Waals surface area (Å²) in [6, 6.07) is 30.9. The van der Waals surface area contributed by atoms with Gasteiger partial charge in [-0.1, -0.05) is 78.9 Å². The second kappa shape index (κ2) is 11.7. The average Bonchev–Trinajstić information content (AvgIpc) is 3.42. The van der Waals surface area contributed by atoms with E-state index in [0.717, 1.165) is 16.7 Å². The maximum Gasteiger partial charge on any atom is 0.254 e. The molecule has 4 aromatic rings. The molecule has 0 N–H and O–H groups in total. The highest BCUT2D eigenvalue weighted by molar-refractivity contribution is 5.97. The first-order chi connectivity index (χ1) is 17.1.